The molecule has 1 rings (SSSR count). The van der Waals surface area contributed by atoms with E-state index in [1.165, 1.54) is 0 Å². The molecule has 4 heavy (non-hydrogen) atoms. The van der Waals surface area contributed by atoms with Crippen LogP contribution < -0.4 is 5.32 Å². The largest absolute Gasteiger partial charge is 0.311 e. The van der Waals surface area contributed by atoms with E-state index < -0.39 is 0 Å². The molecule has 1 saturated heterocycles. The van der Waals surface area contributed by atoms with Crippen molar-refractivity contribution in [1.82, 2.24) is 5.32 Å². The van der Waals surface area contributed by atoms with Crippen molar-refractivity contribution in [2.75, 3.05) is 6.54 Å². The molecular formula is C3H5N. The van der Waals surface area contributed by atoms with Gasteiger partial charge in [0.25, 0.3) is 0 Å². The minimum Gasteiger partial charge on any atom is -0.311 e. The first-order valence-corrected chi connectivity index (χ1v) is 1.38. The molecule has 1 aliphatic rings. The van der Waals surface area contributed by atoms with Gasteiger partial charge in [0.1, 0.15) is 0 Å². The van der Waals surface area contributed by atoms with Gasteiger partial charge in [-0.1, -0.05) is 0 Å². The summed E-state index contributed by atoms with van der Waals surface area (Å²) in [6.45, 7) is 6.12. The SMILES string of the molecule is [CH][C@@H]1CN1. The third-order valence-corrected chi connectivity index (χ3v) is 0.440. The van der Waals surface area contributed by atoms with Crippen LogP contribution in [0.2, 0.25) is 0 Å². The summed E-state index contributed by atoms with van der Waals surface area (Å²) in [5.74, 6) is 0. The molecule has 0 saturated carbocycles. The summed E-state index contributed by atoms with van der Waals surface area (Å²) >= 11 is 0. The molecule has 0 aliphatic carbocycles. The molecule has 0 aromatic heterocycles. The highest BCUT2D eigenvalue weighted by atomic mass is 15.1. The van der Waals surface area contributed by atoms with E-state index in [1.807, 2.05) is 0 Å². The molecule has 0 aromatic rings. The first kappa shape index (κ1) is 2.21. The highest BCUT2D eigenvalue weighted by Gasteiger charge is 2.10. The van der Waals surface area contributed by atoms with Gasteiger partial charge in [0.15, 0.2) is 0 Å². The Labute approximate surface area is 26.0 Å². The maximum absolute atomic E-state index is 5.11. The predicted octanol–water partition coefficient (Wildman–Crippen LogP) is -0.331. The van der Waals surface area contributed by atoms with Crippen LogP contribution in [0.3, 0.4) is 0 Å². The van der Waals surface area contributed by atoms with Crippen molar-refractivity contribution in [2.45, 2.75) is 6.04 Å². The molecular weight excluding hydrogens is 50.0 g/mol. The van der Waals surface area contributed by atoms with Gasteiger partial charge in [0.05, 0.1) is 0 Å². The van der Waals surface area contributed by atoms with Crippen LogP contribution in [0.4, 0.5) is 0 Å². The Morgan fingerprint density at radius 3 is 2.25 bits per heavy atom. The normalized spacial score (nSPS) is 39.8. The zero-order chi connectivity index (χ0) is 2.99. The minimum atomic E-state index is 0.333. The zero-order valence-corrected chi connectivity index (χ0v) is 2.36. The average Bonchev–Trinajstić information content (AvgIpc) is 1.75. The summed E-state index contributed by atoms with van der Waals surface area (Å²) < 4.78 is 0. The summed E-state index contributed by atoms with van der Waals surface area (Å²) in [5.41, 5.74) is 0. The average molecular weight is 55.1 g/mol. The monoisotopic (exact) mass is 55.0 g/mol. The summed E-state index contributed by atoms with van der Waals surface area (Å²) in [6, 6.07) is 0.333. The first-order valence-electron chi connectivity index (χ1n) is 1.38. The maximum atomic E-state index is 5.11. The molecule has 0 unspecified atom stereocenters. The Hall–Kier alpha value is -0.0400. The van der Waals surface area contributed by atoms with Crippen molar-refractivity contribution in [3.8, 4) is 0 Å². The quantitative estimate of drug-likeness (QED) is 0.376. The molecule has 1 aliphatic heterocycles. The Kier molecular flexibility index (Phi) is 0.256. The lowest BCUT2D eigenvalue weighted by molar-refractivity contribution is 1.21. The molecule has 1 N–H and O–H groups in total. The van der Waals surface area contributed by atoms with E-state index in [9.17, 15) is 0 Å². The van der Waals surface area contributed by atoms with Crippen molar-refractivity contribution in [2.24, 2.45) is 0 Å². The molecule has 0 bridgehead atoms. The highest BCUT2D eigenvalue weighted by molar-refractivity contribution is 4.84. The van der Waals surface area contributed by atoms with Crippen LogP contribution in [0.1, 0.15) is 0 Å². The minimum absolute atomic E-state index is 0.333. The van der Waals surface area contributed by atoms with Crippen LogP contribution in [-0.2, 0) is 0 Å². The van der Waals surface area contributed by atoms with Gasteiger partial charge < -0.3 is 5.32 Å². The molecule has 1 nitrogen and oxygen atoms in total. The Morgan fingerprint density at radius 1 is 2.00 bits per heavy atom. The summed E-state index contributed by atoms with van der Waals surface area (Å²) in [7, 11) is 0. The highest BCUT2D eigenvalue weighted by Crippen LogP contribution is 1.88. The third kappa shape index (κ3) is 0.206. The molecule has 22 valence electrons. The fourth-order valence-electron chi connectivity index (χ4n) is 0.0680. The van der Waals surface area contributed by atoms with Gasteiger partial charge in [0, 0.05) is 12.6 Å². The lowest BCUT2D eigenvalue weighted by atomic mass is 10.6. The molecule has 2 radical (unpaired) electrons. The topological polar surface area (TPSA) is 21.9 Å². The zero-order valence-electron chi connectivity index (χ0n) is 2.36. The Bertz CT molecular complexity index is 22.5. The molecule has 1 fully saturated rings. The van der Waals surface area contributed by atoms with E-state index in [0.29, 0.717) is 6.04 Å². The van der Waals surface area contributed by atoms with E-state index in [1.54, 1.807) is 0 Å². The van der Waals surface area contributed by atoms with E-state index in [4.69, 9.17) is 6.92 Å². The maximum Gasteiger partial charge on any atom is 0.0228 e. The molecule has 1 heteroatoms. The van der Waals surface area contributed by atoms with Crippen molar-refractivity contribution < 1.29 is 0 Å². The van der Waals surface area contributed by atoms with Crippen LogP contribution in [0, 0.1) is 6.92 Å². The fourth-order valence-corrected chi connectivity index (χ4v) is 0.0680. The van der Waals surface area contributed by atoms with Crippen LogP contribution in [0.5, 0.6) is 0 Å². The summed E-state index contributed by atoms with van der Waals surface area (Å²) in [4.78, 5) is 0. The summed E-state index contributed by atoms with van der Waals surface area (Å²) in [5, 5.41) is 2.88. The van der Waals surface area contributed by atoms with E-state index in [-0.39, 0.29) is 0 Å². The van der Waals surface area contributed by atoms with Gasteiger partial charge in [-0.3, -0.25) is 0 Å². The molecule has 1 heterocycles. The van der Waals surface area contributed by atoms with E-state index in [2.05, 4.69) is 5.32 Å². The first-order chi connectivity index (χ1) is 1.89. The van der Waals surface area contributed by atoms with Gasteiger partial charge in [-0.2, -0.15) is 0 Å². The van der Waals surface area contributed by atoms with Crippen molar-refractivity contribution in [3.05, 3.63) is 6.92 Å². The van der Waals surface area contributed by atoms with Crippen LogP contribution >= 0.6 is 0 Å². The lowest BCUT2D eigenvalue weighted by Crippen LogP contribution is -1.73. The van der Waals surface area contributed by atoms with Gasteiger partial charge in [-0.05, 0) is 6.92 Å². The Morgan fingerprint density at radius 2 is 2.25 bits per heavy atom. The van der Waals surface area contributed by atoms with Crippen LogP contribution in [0.25, 0.3) is 0 Å². The van der Waals surface area contributed by atoms with Crippen molar-refractivity contribution in [1.29, 1.82) is 0 Å². The van der Waals surface area contributed by atoms with Crippen LogP contribution in [0.15, 0.2) is 0 Å². The van der Waals surface area contributed by atoms with Crippen molar-refractivity contribution in [3.63, 3.8) is 0 Å². The van der Waals surface area contributed by atoms with Gasteiger partial charge in [-0.15, -0.1) is 0 Å². The Balaban J connectivity index is 2.17. The molecule has 1 atom stereocenters. The molecule has 0 spiro atoms. The number of rotatable bonds is 0. The van der Waals surface area contributed by atoms with E-state index >= 15 is 0 Å². The lowest BCUT2D eigenvalue weighted by Gasteiger charge is -1.51. The summed E-state index contributed by atoms with van der Waals surface area (Å²) in [6.07, 6.45) is 0. The van der Waals surface area contributed by atoms with Crippen LogP contribution in [-0.4, -0.2) is 12.6 Å². The third-order valence-electron chi connectivity index (χ3n) is 0.440. The fraction of sp³-hybridized carbons (Fsp3) is 0.667. The van der Waals surface area contributed by atoms with Gasteiger partial charge in [-0.25, -0.2) is 0 Å². The number of hydrogen-bond donors (Lipinski definition) is 1. The predicted molar refractivity (Wildman–Crippen MR) is 16.1 cm³/mol. The second-order valence-electron chi connectivity index (χ2n) is 1.01. The van der Waals surface area contributed by atoms with E-state index in [0.717, 1.165) is 6.54 Å². The van der Waals surface area contributed by atoms with Gasteiger partial charge >= 0.3 is 0 Å². The molecule has 0 aromatic carbocycles. The van der Waals surface area contributed by atoms with Gasteiger partial charge in [0.2, 0.25) is 0 Å². The molecule has 0 amide bonds. The second kappa shape index (κ2) is 0.462. The standard InChI is InChI=1S/C3H5N/c1-3-2-4-3/h1,3-4H,2H2/t3-/m1/s1. The number of hydrogen-bond acceptors (Lipinski definition) is 1. The second-order valence-corrected chi connectivity index (χ2v) is 1.01. The number of nitrogens with one attached hydrogen (secondary N) is 1. The smallest absolute Gasteiger partial charge is 0.0228 e. The van der Waals surface area contributed by atoms with Crippen molar-refractivity contribution >= 4 is 0 Å².